The van der Waals surface area contributed by atoms with Gasteiger partial charge in [-0.05, 0) is 40.9 Å². The lowest BCUT2D eigenvalue weighted by molar-refractivity contribution is -0.117. The molecule has 1 saturated heterocycles. The van der Waals surface area contributed by atoms with Crippen LogP contribution in [0.1, 0.15) is 39.2 Å². The number of hydrogen-bond donors (Lipinski definition) is 2. The minimum Gasteiger partial charge on any atom is -0.366 e. The van der Waals surface area contributed by atoms with E-state index in [0.717, 1.165) is 24.9 Å². The molecule has 0 aromatic heterocycles. The fourth-order valence-corrected chi connectivity index (χ4v) is 5.98. The zero-order valence-electron chi connectivity index (χ0n) is 15.5. The van der Waals surface area contributed by atoms with E-state index in [-0.39, 0.29) is 4.90 Å². The number of halogens is 1. The second-order valence-electron chi connectivity index (χ2n) is 6.23. The molecule has 2 rings (SSSR count). The molecule has 1 unspecified atom stereocenters. The summed E-state index contributed by atoms with van der Waals surface area (Å²) in [6.45, 7) is 6.44. The highest BCUT2D eigenvalue weighted by Gasteiger charge is 2.44. The zero-order chi connectivity index (χ0) is 20.2. The second-order valence-corrected chi connectivity index (χ2v) is 9.68. The van der Waals surface area contributed by atoms with Crippen molar-refractivity contribution < 1.29 is 18.3 Å². The number of carbonyl (C=O) groups is 1. The minimum atomic E-state index is -4.04. The number of thioether (sulfide) groups is 1. The quantitative estimate of drug-likeness (QED) is 0.625. The van der Waals surface area contributed by atoms with Crippen molar-refractivity contribution in [2.45, 2.75) is 44.2 Å². The Kier molecular flexibility index (Phi) is 7.34. The molecule has 1 aromatic carbocycles. The van der Waals surface area contributed by atoms with Crippen molar-refractivity contribution in [1.82, 2.24) is 9.62 Å². The van der Waals surface area contributed by atoms with Crippen LogP contribution in [0.15, 0.2) is 32.6 Å². The first-order valence-electron chi connectivity index (χ1n) is 8.66. The number of aliphatic imine (C=N–C) groups is 1. The molecule has 1 amide bonds. The maximum absolute atomic E-state index is 12.5. The highest BCUT2D eigenvalue weighted by molar-refractivity contribution is 9.10. The monoisotopic (exact) mass is 477 g/mol. The Morgan fingerprint density at radius 2 is 2.11 bits per heavy atom. The number of rotatable bonds is 7. The summed E-state index contributed by atoms with van der Waals surface area (Å²) in [5.74, 6) is -0.333. The van der Waals surface area contributed by atoms with Crippen molar-refractivity contribution in [1.29, 1.82) is 0 Å². The third-order valence-corrected chi connectivity index (χ3v) is 7.54. The van der Waals surface area contributed by atoms with E-state index in [9.17, 15) is 18.3 Å². The number of hydrogen-bond acceptors (Lipinski definition) is 6. The highest BCUT2D eigenvalue weighted by Crippen LogP contribution is 2.40. The third kappa shape index (κ3) is 4.85. The SMILES string of the molecule is CCCN=C1SCC(O)(c2ccc(Br)c(S(=O)(=O)NC(C)=O)c2)N1CCC. The van der Waals surface area contributed by atoms with Crippen molar-refractivity contribution in [2.24, 2.45) is 4.99 Å². The molecule has 1 atom stereocenters. The summed E-state index contributed by atoms with van der Waals surface area (Å²) in [6, 6.07) is 4.65. The van der Waals surface area contributed by atoms with Crippen LogP contribution in [0.4, 0.5) is 0 Å². The van der Waals surface area contributed by atoms with E-state index < -0.39 is 21.7 Å². The van der Waals surface area contributed by atoms with Gasteiger partial charge in [0, 0.05) is 30.0 Å². The number of sulfonamides is 1. The fraction of sp³-hybridized carbons (Fsp3) is 0.529. The number of benzene rings is 1. The average molecular weight is 478 g/mol. The van der Waals surface area contributed by atoms with Crippen molar-refractivity contribution in [3.8, 4) is 0 Å². The molecular weight excluding hydrogens is 454 g/mol. The van der Waals surface area contributed by atoms with Gasteiger partial charge in [-0.15, -0.1) is 0 Å². The van der Waals surface area contributed by atoms with Gasteiger partial charge in [0.1, 0.15) is 4.90 Å². The smallest absolute Gasteiger partial charge is 0.265 e. The Morgan fingerprint density at radius 3 is 2.70 bits per heavy atom. The maximum atomic E-state index is 12.5. The van der Waals surface area contributed by atoms with Crippen molar-refractivity contribution in [3.63, 3.8) is 0 Å². The molecule has 0 saturated carbocycles. The van der Waals surface area contributed by atoms with Crippen LogP contribution in [0, 0.1) is 0 Å². The normalized spacial score (nSPS) is 21.7. The first-order valence-corrected chi connectivity index (χ1v) is 11.9. The van der Waals surface area contributed by atoms with Gasteiger partial charge in [0.15, 0.2) is 10.9 Å². The Morgan fingerprint density at radius 1 is 1.41 bits per heavy atom. The third-order valence-electron chi connectivity index (χ3n) is 3.96. The molecule has 27 heavy (non-hydrogen) atoms. The number of nitrogens with one attached hydrogen (secondary N) is 1. The summed E-state index contributed by atoms with van der Waals surface area (Å²) in [6.07, 6.45) is 1.71. The molecular formula is C17H24BrN3O4S2. The number of amidine groups is 1. The number of aliphatic hydroxyl groups is 1. The van der Waals surface area contributed by atoms with Crippen molar-refractivity contribution in [2.75, 3.05) is 18.8 Å². The van der Waals surface area contributed by atoms with Gasteiger partial charge in [-0.25, -0.2) is 13.1 Å². The van der Waals surface area contributed by atoms with Gasteiger partial charge in [0.25, 0.3) is 10.0 Å². The predicted octanol–water partition coefficient (Wildman–Crippen LogP) is 2.64. The molecule has 2 N–H and O–H groups in total. The standard InChI is InChI=1S/C17H24BrN3O4S2/c1-4-8-19-16-21(9-5-2)17(23,11-26-16)13-6-7-14(18)15(10-13)27(24,25)20-12(3)22/h6-7,10,23H,4-5,8-9,11H2,1-3H3,(H,20,22). The lowest BCUT2D eigenvalue weighted by Gasteiger charge is -2.34. The van der Waals surface area contributed by atoms with Crippen LogP contribution >= 0.6 is 27.7 Å². The summed E-state index contributed by atoms with van der Waals surface area (Å²) in [4.78, 5) is 17.5. The van der Waals surface area contributed by atoms with E-state index in [1.54, 1.807) is 12.1 Å². The van der Waals surface area contributed by atoms with Crippen molar-refractivity contribution in [3.05, 3.63) is 28.2 Å². The first-order chi connectivity index (χ1) is 12.7. The number of nitrogens with zero attached hydrogens (tertiary/aromatic N) is 2. The Hall–Kier alpha value is -1.10. The average Bonchev–Trinajstić information content (AvgIpc) is 2.90. The second kappa shape index (κ2) is 8.93. The van der Waals surface area contributed by atoms with Gasteiger partial charge in [-0.1, -0.05) is 31.7 Å². The zero-order valence-corrected chi connectivity index (χ0v) is 18.7. The van der Waals surface area contributed by atoms with Gasteiger partial charge < -0.3 is 10.0 Å². The van der Waals surface area contributed by atoms with Gasteiger partial charge >= 0.3 is 0 Å². The van der Waals surface area contributed by atoms with Crippen molar-refractivity contribution >= 4 is 48.8 Å². The molecule has 0 aliphatic carbocycles. The molecule has 1 fully saturated rings. The Balaban J connectivity index is 2.50. The van der Waals surface area contributed by atoms with Gasteiger partial charge in [-0.2, -0.15) is 0 Å². The molecule has 1 aliphatic rings. The topological polar surface area (TPSA) is 99.1 Å². The van der Waals surface area contributed by atoms with Crippen LogP contribution in [0.5, 0.6) is 0 Å². The van der Waals surface area contributed by atoms with Crippen LogP contribution in [-0.4, -0.2) is 48.3 Å². The van der Waals surface area contributed by atoms with E-state index in [4.69, 9.17) is 0 Å². The van der Waals surface area contributed by atoms with Gasteiger partial charge in [0.05, 0.1) is 5.75 Å². The van der Waals surface area contributed by atoms with Gasteiger partial charge in [-0.3, -0.25) is 9.79 Å². The number of carbonyl (C=O) groups excluding carboxylic acids is 1. The Labute approximate surface area is 172 Å². The highest BCUT2D eigenvalue weighted by atomic mass is 79.9. The molecule has 1 heterocycles. The maximum Gasteiger partial charge on any atom is 0.265 e. The minimum absolute atomic E-state index is 0.0935. The van der Waals surface area contributed by atoms with Crippen LogP contribution < -0.4 is 4.72 Å². The summed E-state index contributed by atoms with van der Waals surface area (Å²) in [5, 5.41) is 12.2. The molecule has 0 radical (unpaired) electrons. The molecule has 10 heteroatoms. The van der Waals surface area contributed by atoms with Crippen LogP contribution in [0.25, 0.3) is 0 Å². The predicted molar refractivity (Wildman–Crippen MR) is 111 cm³/mol. The van der Waals surface area contributed by atoms with E-state index in [1.165, 1.54) is 17.8 Å². The fourth-order valence-electron chi connectivity index (χ4n) is 2.76. The van der Waals surface area contributed by atoms with E-state index in [0.29, 0.717) is 28.9 Å². The van der Waals surface area contributed by atoms with Crippen LogP contribution in [0.3, 0.4) is 0 Å². The lowest BCUT2D eigenvalue weighted by atomic mass is 10.0. The van der Waals surface area contributed by atoms with Crippen LogP contribution in [-0.2, 0) is 20.5 Å². The summed E-state index contributed by atoms with van der Waals surface area (Å²) in [5.41, 5.74) is -0.925. The molecule has 1 aromatic rings. The van der Waals surface area contributed by atoms with E-state index in [2.05, 4.69) is 20.9 Å². The molecule has 150 valence electrons. The first kappa shape index (κ1) is 22.2. The molecule has 0 spiro atoms. The number of amides is 1. The lowest BCUT2D eigenvalue weighted by Crippen LogP contribution is -2.45. The summed E-state index contributed by atoms with van der Waals surface area (Å²) < 4.78 is 27.2. The molecule has 7 nitrogen and oxygen atoms in total. The molecule has 1 aliphatic heterocycles. The summed E-state index contributed by atoms with van der Waals surface area (Å²) >= 11 is 4.68. The largest absolute Gasteiger partial charge is 0.366 e. The van der Waals surface area contributed by atoms with E-state index in [1.807, 2.05) is 23.5 Å². The van der Waals surface area contributed by atoms with E-state index >= 15 is 0 Å². The summed E-state index contributed by atoms with van der Waals surface area (Å²) in [7, 11) is -4.04. The van der Waals surface area contributed by atoms with Crippen LogP contribution in [0.2, 0.25) is 0 Å². The molecule has 0 bridgehead atoms. The Bertz CT molecular complexity index is 845. The van der Waals surface area contributed by atoms with Gasteiger partial charge in [0.2, 0.25) is 5.91 Å².